The van der Waals surface area contributed by atoms with Gasteiger partial charge in [0.05, 0.1) is 0 Å². The lowest BCUT2D eigenvalue weighted by molar-refractivity contribution is -0.141. The van der Waals surface area contributed by atoms with Gasteiger partial charge in [0.2, 0.25) is 5.95 Å². The van der Waals surface area contributed by atoms with Crippen LogP contribution in [0.1, 0.15) is 18.2 Å². The third-order valence-corrected chi connectivity index (χ3v) is 3.02. The number of hydrogen-bond acceptors (Lipinski definition) is 4. The van der Waals surface area contributed by atoms with E-state index in [9.17, 15) is 13.2 Å². The second kappa shape index (κ2) is 5.59. The van der Waals surface area contributed by atoms with Crippen LogP contribution >= 0.6 is 0 Å². The van der Waals surface area contributed by atoms with Crippen LogP contribution in [0, 0.1) is 6.92 Å². The maximum absolute atomic E-state index is 12.8. The smallest absolute Gasteiger partial charge is 0.368 e. The number of rotatable bonds is 3. The van der Waals surface area contributed by atoms with Crippen LogP contribution in [0.3, 0.4) is 0 Å². The minimum absolute atomic E-state index is 0.131. The van der Waals surface area contributed by atoms with Crippen LogP contribution in [-0.4, -0.2) is 16.5 Å². The van der Waals surface area contributed by atoms with Crippen molar-refractivity contribution in [1.82, 2.24) is 9.97 Å². The second-order valence-electron chi connectivity index (χ2n) is 4.50. The van der Waals surface area contributed by atoms with Gasteiger partial charge in [-0.05, 0) is 25.5 Å². The van der Waals surface area contributed by atoms with Gasteiger partial charge in [0.25, 0.3) is 0 Å². The molecule has 112 valence electrons. The van der Waals surface area contributed by atoms with Gasteiger partial charge in [0, 0.05) is 18.3 Å². The van der Waals surface area contributed by atoms with Gasteiger partial charge in [-0.15, -0.1) is 0 Å². The average molecular weight is 296 g/mol. The molecule has 4 nitrogen and oxygen atoms in total. The largest absolute Gasteiger partial charge is 0.433 e. The highest BCUT2D eigenvalue weighted by Gasteiger charge is 2.34. The molecular formula is C14H15F3N4. The fraction of sp³-hybridized carbons (Fsp3) is 0.286. The van der Waals surface area contributed by atoms with Crippen molar-refractivity contribution in [3.63, 3.8) is 0 Å². The third kappa shape index (κ3) is 3.24. The Morgan fingerprint density at radius 2 is 1.86 bits per heavy atom. The van der Waals surface area contributed by atoms with E-state index in [1.807, 2.05) is 38.1 Å². The van der Waals surface area contributed by atoms with Crippen LogP contribution in [0.5, 0.6) is 0 Å². The number of nitrogens with zero attached hydrogens (tertiary/aromatic N) is 3. The number of nitrogen functional groups attached to an aromatic ring is 1. The van der Waals surface area contributed by atoms with Gasteiger partial charge in [-0.3, -0.25) is 0 Å². The van der Waals surface area contributed by atoms with E-state index in [2.05, 4.69) is 9.97 Å². The van der Waals surface area contributed by atoms with E-state index < -0.39 is 17.8 Å². The maximum Gasteiger partial charge on any atom is 0.433 e. The first-order valence-corrected chi connectivity index (χ1v) is 6.38. The molecule has 0 spiro atoms. The second-order valence-corrected chi connectivity index (χ2v) is 4.50. The molecule has 2 N–H and O–H groups in total. The van der Waals surface area contributed by atoms with Crippen LogP contribution in [0.25, 0.3) is 0 Å². The molecule has 0 atom stereocenters. The standard InChI is InChI=1S/C14H15F3N4/c1-3-21(10-7-5-4-6-9(10)2)12-8-11(14(15,16)17)19-13(18)20-12/h4-8H,3H2,1-2H3,(H2,18,19,20). The van der Waals surface area contributed by atoms with E-state index in [-0.39, 0.29) is 5.82 Å². The summed E-state index contributed by atoms with van der Waals surface area (Å²) in [6.07, 6.45) is -4.56. The molecule has 0 saturated heterocycles. The first-order chi connectivity index (χ1) is 9.82. The normalized spacial score (nSPS) is 11.5. The van der Waals surface area contributed by atoms with Crippen LogP contribution in [0.4, 0.5) is 30.6 Å². The van der Waals surface area contributed by atoms with Crippen LogP contribution in [0.2, 0.25) is 0 Å². The fourth-order valence-corrected chi connectivity index (χ4v) is 2.06. The van der Waals surface area contributed by atoms with E-state index >= 15 is 0 Å². The van der Waals surface area contributed by atoms with Crippen LogP contribution < -0.4 is 10.6 Å². The van der Waals surface area contributed by atoms with Crippen molar-refractivity contribution >= 4 is 17.5 Å². The van der Waals surface area contributed by atoms with Gasteiger partial charge in [0.15, 0.2) is 5.69 Å². The van der Waals surface area contributed by atoms with Crippen molar-refractivity contribution in [1.29, 1.82) is 0 Å². The molecule has 0 amide bonds. The number of para-hydroxylation sites is 1. The molecule has 0 aliphatic carbocycles. The summed E-state index contributed by atoms with van der Waals surface area (Å²) in [5, 5.41) is 0. The van der Waals surface area contributed by atoms with Gasteiger partial charge in [-0.2, -0.15) is 18.2 Å². The highest BCUT2D eigenvalue weighted by Crippen LogP contribution is 2.33. The van der Waals surface area contributed by atoms with Crippen LogP contribution in [0.15, 0.2) is 30.3 Å². The topological polar surface area (TPSA) is 55.0 Å². The number of aryl methyl sites for hydroxylation is 1. The van der Waals surface area contributed by atoms with Crippen molar-refractivity contribution in [2.45, 2.75) is 20.0 Å². The van der Waals surface area contributed by atoms with E-state index in [4.69, 9.17) is 5.73 Å². The molecule has 1 heterocycles. The van der Waals surface area contributed by atoms with E-state index in [1.54, 1.807) is 4.90 Å². The predicted octanol–water partition coefficient (Wildman–Crippen LogP) is 3.54. The van der Waals surface area contributed by atoms with Crippen molar-refractivity contribution in [3.05, 3.63) is 41.6 Å². The van der Waals surface area contributed by atoms with E-state index in [1.165, 1.54) is 0 Å². The summed E-state index contributed by atoms with van der Waals surface area (Å²) < 4.78 is 38.5. The Bertz CT molecular complexity index is 640. The minimum atomic E-state index is -4.56. The first kappa shape index (κ1) is 15.1. The number of hydrogen-bond donors (Lipinski definition) is 1. The molecule has 1 aromatic heterocycles. The number of halogens is 3. The summed E-state index contributed by atoms with van der Waals surface area (Å²) >= 11 is 0. The molecule has 0 aliphatic rings. The monoisotopic (exact) mass is 296 g/mol. The molecule has 0 bridgehead atoms. The number of alkyl halides is 3. The minimum Gasteiger partial charge on any atom is -0.368 e. The zero-order valence-electron chi connectivity index (χ0n) is 11.6. The zero-order valence-corrected chi connectivity index (χ0v) is 11.6. The maximum atomic E-state index is 12.8. The molecule has 2 rings (SSSR count). The van der Waals surface area contributed by atoms with E-state index in [0.717, 1.165) is 17.3 Å². The molecule has 0 saturated carbocycles. The first-order valence-electron chi connectivity index (χ1n) is 6.38. The molecule has 21 heavy (non-hydrogen) atoms. The summed E-state index contributed by atoms with van der Waals surface area (Å²) in [5.41, 5.74) is 6.09. The Labute approximate surface area is 120 Å². The number of anilines is 3. The zero-order chi connectivity index (χ0) is 15.6. The summed E-state index contributed by atoms with van der Waals surface area (Å²) in [6, 6.07) is 8.30. The van der Waals surface area contributed by atoms with Gasteiger partial charge < -0.3 is 10.6 Å². The molecule has 7 heteroatoms. The molecule has 1 aromatic carbocycles. The van der Waals surface area contributed by atoms with E-state index in [0.29, 0.717) is 6.54 Å². The summed E-state index contributed by atoms with van der Waals surface area (Å²) in [7, 11) is 0. The Kier molecular flexibility index (Phi) is 4.02. The third-order valence-electron chi connectivity index (χ3n) is 3.02. The van der Waals surface area contributed by atoms with Gasteiger partial charge in [-0.1, -0.05) is 18.2 Å². The fourth-order valence-electron chi connectivity index (χ4n) is 2.06. The highest BCUT2D eigenvalue weighted by molar-refractivity contribution is 5.64. The summed E-state index contributed by atoms with van der Waals surface area (Å²) in [4.78, 5) is 8.85. The molecule has 2 aromatic rings. The number of aromatic nitrogens is 2. The molecular weight excluding hydrogens is 281 g/mol. The van der Waals surface area contributed by atoms with Gasteiger partial charge in [-0.25, -0.2) is 4.98 Å². The predicted molar refractivity (Wildman–Crippen MR) is 75.3 cm³/mol. The van der Waals surface area contributed by atoms with Crippen molar-refractivity contribution in [2.75, 3.05) is 17.2 Å². The molecule has 0 aliphatic heterocycles. The Morgan fingerprint density at radius 3 is 2.43 bits per heavy atom. The van der Waals surface area contributed by atoms with Gasteiger partial charge in [0.1, 0.15) is 5.82 Å². The average Bonchev–Trinajstić information content (AvgIpc) is 2.40. The summed E-state index contributed by atoms with van der Waals surface area (Å²) in [6.45, 7) is 4.17. The van der Waals surface area contributed by atoms with Crippen molar-refractivity contribution < 1.29 is 13.2 Å². The molecule has 0 fully saturated rings. The molecule has 0 radical (unpaired) electrons. The Hall–Kier alpha value is -2.31. The lowest BCUT2D eigenvalue weighted by Crippen LogP contribution is -2.21. The van der Waals surface area contributed by atoms with Gasteiger partial charge >= 0.3 is 6.18 Å². The Balaban J connectivity index is 2.53. The summed E-state index contributed by atoms with van der Waals surface area (Å²) in [5.74, 6) is -0.265. The number of nitrogens with two attached hydrogens (primary N) is 1. The highest BCUT2D eigenvalue weighted by atomic mass is 19.4. The lowest BCUT2D eigenvalue weighted by atomic mass is 10.2. The quantitative estimate of drug-likeness (QED) is 0.941. The van der Waals surface area contributed by atoms with Crippen molar-refractivity contribution in [3.8, 4) is 0 Å². The number of benzene rings is 1. The SMILES string of the molecule is CCN(c1cc(C(F)(F)F)nc(N)n1)c1ccccc1C. The van der Waals surface area contributed by atoms with Crippen molar-refractivity contribution in [2.24, 2.45) is 0 Å². The van der Waals surface area contributed by atoms with Crippen LogP contribution in [-0.2, 0) is 6.18 Å². The molecule has 0 unspecified atom stereocenters. The Morgan fingerprint density at radius 1 is 1.19 bits per heavy atom. The lowest BCUT2D eigenvalue weighted by Gasteiger charge is -2.24.